The van der Waals surface area contributed by atoms with Gasteiger partial charge in [0.05, 0.1) is 12.8 Å². The van der Waals surface area contributed by atoms with Crippen LogP contribution in [-0.2, 0) is 6.61 Å². The molecule has 3 rings (SSSR count). The minimum absolute atomic E-state index is 0.503. The Balaban J connectivity index is 1.74. The van der Waals surface area contributed by atoms with Gasteiger partial charge in [-0.3, -0.25) is 4.99 Å². The first kappa shape index (κ1) is 18.2. The van der Waals surface area contributed by atoms with Crippen molar-refractivity contribution in [3.8, 4) is 11.5 Å². The monoisotopic (exact) mass is 409 g/mol. The summed E-state index contributed by atoms with van der Waals surface area (Å²) in [4.78, 5) is 4.57. The number of benzene rings is 3. The van der Waals surface area contributed by atoms with Crippen molar-refractivity contribution < 1.29 is 9.47 Å². The molecule has 0 fully saturated rings. The van der Waals surface area contributed by atoms with E-state index >= 15 is 0 Å². The quantitative estimate of drug-likeness (QED) is 0.460. The van der Waals surface area contributed by atoms with E-state index in [1.165, 1.54) is 0 Å². The van der Waals surface area contributed by atoms with E-state index in [1.807, 2.05) is 79.9 Å². The molecule has 0 aliphatic carbocycles. The lowest BCUT2D eigenvalue weighted by atomic mass is 10.2. The van der Waals surface area contributed by atoms with Gasteiger partial charge in [-0.2, -0.15) is 0 Å². The van der Waals surface area contributed by atoms with Gasteiger partial charge in [0.15, 0.2) is 11.5 Å². The Morgan fingerprint density at radius 2 is 1.77 bits per heavy atom. The van der Waals surface area contributed by atoms with E-state index in [9.17, 15) is 0 Å². The highest BCUT2D eigenvalue weighted by molar-refractivity contribution is 9.10. The fourth-order valence-electron chi connectivity index (χ4n) is 2.53. The van der Waals surface area contributed by atoms with Crippen LogP contribution in [0.5, 0.6) is 11.5 Å². The molecule has 0 N–H and O–H groups in total. The first-order chi connectivity index (χ1) is 12.7. The van der Waals surface area contributed by atoms with Crippen molar-refractivity contribution >= 4 is 27.8 Å². The molecular formula is C22H20BrNO2. The Kier molecular flexibility index (Phi) is 6.08. The third-order valence-corrected chi connectivity index (χ3v) is 4.43. The van der Waals surface area contributed by atoms with Crippen molar-refractivity contribution in [1.29, 1.82) is 0 Å². The summed E-state index contributed by atoms with van der Waals surface area (Å²) < 4.78 is 12.4. The third-order valence-electron chi connectivity index (χ3n) is 3.94. The summed E-state index contributed by atoms with van der Waals surface area (Å²) in [5, 5.41) is 0. The van der Waals surface area contributed by atoms with Gasteiger partial charge >= 0.3 is 0 Å². The molecule has 3 aromatic rings. The van der Waals surface area contributed by atoms with Crippen LogP contribution in [-0.4, -0.2) is 13.3 Å². The molecule has 26 heavy (non-hydrogen) atoms. The predicted molar refractivity (Wildman–Crippen MR) is 110 cm³/mol. The summed E-state index contributed by atoms with van der Waals surface area (Å²) in [6.07, 6.45) is 1.83. The van der Waals surface area contributed by atoms with E-state index < -0.39 is 0 Å². The molecule has 0 aliphatic heterocycles. The number of methoxy groups -OCH3 is 1. The minimum atomic E-state index is 0.503. The molecule has 3 nitrogen and oxygen atoms in total. The molecule has 0 radical (unpaired) electrons. The highest BCUT2D eigenvalue weighted by atomic mass is 79.9. The average Bonchev–Trinajstić information content (AvgIpc) is 2.67. The largest absolute Gasteiger partial charge is 0.493 e. The van der Waals surface area contributed by atoms with Crippen LogP contribution in [0.1, 0.15) is 16.7 Å². The fourth-order valence-corrected chi connectivity index (χ4v) is 3.00. The number of nitrogens with zero attached hydrogens (tertiary/aromatic N) is 1. The lowest BCUT2D eigenvalue weighted by Gasteiger charge is -2.11. The van der Waals surface area contributed by atoms with Gasteiger partial charge in [-0.05, 0) is 60.0 Å². The zero-order chi connectivity index (χ0) is 18.4. The lowest BCUT2D eigenvalue weighted by Crippen LogP contribution is -1.98. The van der Waals surface area contributed by atoms with Crippen molar-refractivity contribution in [1.82, 2.24) is 0 Å². The summed E-state index contributed by atoms with van der Waals surface area (Å²) in [6.45, 7) is 2.54. The van der Waals surface area contributed by atoms with Crippen molar-refractivity contribution in [2.45, 2.75) is 13.5 Å². The van der Waals surface area contributed by atoms with Gasteiger partial charge in [0.1, 0.15) is 6.61 Å². The number of aryl methyl sites for hydroxylation is 1. The van der Waals surface area contributed by atoms with Gasteiger partial charge in [-0.15, -0.1) is 0 Å². The molecule has 0 aliphatic rings. The molecule has 4 heteroatoms. The molecule has 3 aromatic carbocycles. The van der Waals surface area contributed by atoms with Crippen LogP contribution >= 0.6 is 15.9 Å². The molecule has 0 unspecified atom stereocenters. The third kappa shape index (κ3) is 4.73. The van der Waals surface area contributed by atoms with Crippen LogP contribution in [0.15, 0.2) is 76.2 Å². The van der Waals surface area contributed by atoms with Crippen molar-refractivity contribution in [2.75, 3.05) is 7.11 Å². The zero-order valence-electron chi connectivity index (χ0n) is 14.8. The van der Waals surface area contributed by atoms with Gasteiger partial charge in [-0.1, -0.05) is 46.3 Å². The van der Waals surface area contributed by atoms with E-state index in [4.69, 9.17) is 9.47 Å². The smallest absolute Gasteiger partial charge is 0.161 e. The van der Waals surface area contributed by atoms with E-state index in [0.29, 0.717) is 18.1 Å². The van der Waals surface area contributed by atoms with Crippen molar-refractivity contribution in [3.05, 3.63) is 87.9 Å². The Morgan fingerprint density at radius 1 is 0.962 bits per heavy atom. The summed E-state index contributed by atoms with van der Waals surface area (Å²) in [6, 6.07) is 21.9. The Morgan fingerprint density at radius 3 is 2.50 bits per heavy atom. The second-order valence-corrected chi connectivity index (χ2v) is 6.79. The van der Waals surface area contributed by atoms with Crippen LogP contribution in [0.3, 0.4) is 0 Å². The molecule has 0 saturated carbocycles. The SMILES string of the molecule is COc1cc(C=Nc2ccc(Br)cc2C)ccc1OCc1ccccc1. The van der Waals surface area contributed by atoms with Gasteiger partial charge in [0.2, 0.25) is 0 Å². The standard InChI is InChI=1S/C22H20BrNO2/c1-16-12-19(23)9-10-20(16)24-14-18-8-11-21(22(13-18)25-2)26-15-17-6-4-3-5-7-17/h3-14H,15H2,1-2H3. The maximum atomic E-state index is 5.89. The van der Waals surface area contributed by atoms with Gasteiger partial charge in [0.25, 0.3) is 0 Å². The van der Waals surface area contributed by atoms with Crippen molar-refractivity contribution in [2.24, 2.45) is 4.99 Å². The normalized spacial score (nSPS) is 10.9. The molecule has 132 valence electrons. The summed E-state index contributed by atoms with van der Waals surface area (Å²) in [5.74, 6) is 1.41. The summed E-state index contributed by atoms with van der Waals surface area (Å²) >= 11 is 3.47. The van der Waals surface area contributed by atoms with Crippen LogP contribution in [0.25, 0.3) is 0 Å². The van der Waals surface area contributed by atoms with Gasteiger partial charge in [0, 0.05) is 10.7 Å². The number of hydrogen-bond donors (Lipinski definition) is 0. The molecule has 0 aromatic heterocycles. The Labute approximate surface area is 162 Å². The minimum Gasteiger partial charge on any atom is -0.493 e. The second-order valence-electron chi connectivity index (χ2n) is 5.87. The molecule has 0 bridgehead atoms. The Bertz CT molecular complexity index is 907. The van der Waals surface area contributed by atoms with E-state index in [1.54, 1.807) is 7.11 Å². The van der Waals surface area contributed by atoms with Crippen molar-refractivity contribution in [3.63, 3.8) is 0 Å². The molecule has 0 heterocycles. The van der Waals surface area contributed by atoms with Crippen LogP contribution in [0.4, 0.5) is 5.69 Å². The van der Waals surface area contributed by atoms with Crippen LogP contribution in [0.2, 0.25) is 0 Å². The van der Waals surface area contributed by atoms with E-state index in [0.717, 1.165) is 26.9 Å². The first-order valence-corrected chi connectivity index (χ1v) is 9.10. The number of aliphatic imine (C=N–C) groups is 1. The molecule has 0 saturated heterocycles. The van der Waals surface area contributed by atoms with E-state index in [-0.39, 0.29) is 0 Å². The number of ether oxygens (including phenoxy) is 2. The number of halogens is 1. The average molecular weight is 410 g/mol. The number of hydrogen-bond acceptors (Lipinski definition) is 3. The highest BCUT2D eigenvalue weighted by Gasteiger charge is 2.06. The first-order valence-electron chi connectivity index (χ1n) is 8.30. The number of rotatable bonds is 6. The highest BCUT2D eigenvalue weighted by Crippen LogP contribution is 2.29. The van der Waals surface area contributed by atoms with Gasteiger partial charge < -0.3 is 9.47 Å². The summed E-state index contributed by atoms with van der Waals surface area (Å²) in [5.41, 5.74) is 4.13. The van der Waals surface area contributed by atoms with Gasteiger partial charge in [-0.25, -0.2) is 0 Å². The predicted octanol–water partition coefficient (Wildman–Crippen LogP) is 6.10. The summed E-state index contributed by atoms with van der Waals surface area (Å²) in [7, 11) is 1.64. The maximum absolute atomic E-state index is 5.89. The zero-order valence-corrected chi connectivity index (χ0v) is 16.4. The fraction of sp³-hybridized carbons (Fsp3) is 0.136. The molecule has 0 atom stereocenters. The van der Waals surface area contributed by atoms with E-state index in [2.05, 4.69) is 20.9 Å². The molecule has 0 amide bonds. The molecular weight excluding hydrogens is 390 g/mol. The molecule has 0 spiro atoms. The van der Waals surface area contributed by atoms with Crippen LogP contribution < -0.4 is 9.47 Å². The second kappa shape index (κ2) is 8.68. The van der Waals surface area contributed by atoms with Crippen LogP contribution in [0, 0.1) is 6.92 Å². The maximum Gasteiger partial charge on any atom is 0.161 e. The topological polar surface area (TPSA) is 30.8 Å². The Hall–Kier alpha value is -2.59. The lowest BCUT2D eigenvalue weighted by molar-refractivity contribution is 0.284.